The summed E-state index contributed by atoms with van der Waals surface area (Å²) in [4.78, 5) is 4.55. The second kappa shape index (κ2) is 5.62. The Bertz CT molecular complexity index is 287. The van der Waals surface area contributed by atoms with E-state index in [-0.39, 0.29) is 0 Å². The molecule has 14 heavy (non-hydrogen) atoms. The zero-order chi connectivity index (χ0) is 10.4. The van der Waals surface area contributed by atoms with Gasteiger partial charge in [-0.2, -0.15) is 0 Å². The van der Waals surface area contributed by atoms with E-state index >= 15 is 0 Å². The Kier molecular flexibility index (Phi) is 4.43. The second-order valence-electron chi connectivity index (χ2n) is 3.14. The SMILES string of the molecule is CCOc1ccc(CCON)c(C)c1. The van der Waals surface area contributed by atoms with E-state index in [9.17, 15) is 0 Å². The zero-order valence-electron chi connectivity index (χ0n) is 8.75. The first-order valence-electron chi connectivity index (χ1n) is 4.82. The average molecular weight is 195 g/mol. The molecule has 0 bridgehead atoms. The summed E-state index contributed by atoms with van der Waals surface area (Å²) in [5.41, 5.74) is 2.46. The number of hydrogen-bond donors (Lipinski definition) is 1. The van der Waals surface area contributed by atoms with E-state index in [1.807, 2.05) is 19.1 Å². The van der Waals surface area contributed by atoms with Crippen molar-refractivity contribution in [3.05, 3.63) is 29.3 Å². The molecule has 0 saturated carbocycles. The highest BCUT2D eigenvalue weighted by Gasteiger charge is 2.00. The number of benzene rings is 1. The molecule has 0 aromatic heterocycles. The Morgan fingerprint density at radius 1 is 1.36 bits per heavy atom. The molecular weight excluding hydrogens is 178 g/mol. The molecule has 0 aliphatic heterocycles. The average Bonchev–Trinajstić information content (AvgIpc) is 2.17. The highest BCUT2D eigenvalue weighted by molar-refractivity contribution is 5.34. The Morgan fingerprint density at radius 2 is 2.14 bits per heavy atom. The van der Waals surface area contributed by atoms with Gasteiger partial charge in [-0.25, -0.2) is 5.90 Å². The van der Waals surface area contributed by atoms with Gasteiger partial charge in [-0.05, 0) is 43.5 Å². The highest BCUT2D eigenvalue weighted by Crippen LogP contribution is 2.17. The van der Waals surface area contributed by atoms with Gasteiger partial charge in [0.2, 0.25) is 0 Å². The molecular formula is C11H17NO2. The van der Waals surface area contributed by atoms with Gasteiger partial charge in [-0.1, -0.05) is 6.07 Å². The molecule has 1 aromatic carbocycles. The summed E-state index contributed by atoms with van der Waals surface area (Å²) in [5.74, 6) is 5.90. The van der Waals surface area contributed by atoms with Gasteiger partial charge in [0.15, 0.2) is 0 Å². The lowest BCUT2D eigenvalue weighted by molar-refractivity contribution is 0.141. The quantitative estimate of drug-likeness (QED) is 0.729. The van der Waals surface area contributed by atoms with E-state index in [1.54, 1.807) is 0 Å². The van der Waals surface area contributed by atoms with Crippen molar-refractivity contribution < 1.29 is 9.57 Å². The third-order valence-corrected chi connectivity index (χ3v) is 2.11. The van der Waals surface area contributed by atoms with Crippen LogP contribution in [0, 0.1) is 6.92 Å². The van der Waals surface area contributed by atoms with Crippen LogP contribution in [0.15, 0.2) is 18.2 Å². The number of hydrogen-bond acceptors (Lipinski definition) is 3. The summed E-state index contributed by atoms with van der Waals surface area (Å²) in [7, 11) is 0. The monoisotopic (exact) mass is 195 g/mol. The van der Waals surface area contributed by atoms with Crippen molar-refractivity contribution >= 4 is 0 Å². The van der Waals surface area contributed by atoms with Gasteiger partial charge in [-0.3, -0.25) is 0 Å². The molecule has 0 spiro atoms. The van der Waals surface area contributed by atoms with Crippen molar-refractivity contribution in [2.75, 3.05) is 13.2 Å². The predicted octanol–water partition coefficient (Wildman–Crippen LogP) is 1.83. The molecule has 3 nitrogen and oxygen atoms in total. The van der Waals surface area contributed by atoms with Crippen LogP contribution in [0.4, 0.5) is 0 Å². The van der Waals surface area contributed by atoms with Gasteiger partial charge in [0.05, 0.1) is 13.2 Å². The Balaban J connectivity index is 2.68. The van der Waals surface area contributed by atoms with Gasteiger partial charge in [0.25, 0.3) is 0 Å². The van der Waals surface area contributed by atoms with Crippen molar-refractivity contribution in [3.8, 4) is 5.75 Å². The fraction of sp³-hybridized carbons (Fsp3) is 0.455. The fourth-order valence-corrected chi connectivity index (χ4v) is 1.37. The molecule has 0 aliphatic carbocycles. The lowest BCUT2D eigenvalue weighted by atomic mass is 10.1. The van der Waals surface area contributed by atoms with Crippen LogP contribution in [0.25, 0.3) is 0 Å². The molecule has 0 amide bonds. The molecule has 3 heteroatoms. The summed E-state index contributed by atoms with van der Waals surface area (Å²) in [5, 5.41) is 0. The first kappa shape index (κ1) is 11.0. The van der Waals surface area contributed by atoms with Crippen molar-refractivity contribution in [1.82, 2.24) is 0 Å². The predicted molar refractivity (Wildman–Crippen MR) is 56.2 cm³/mol. The number of ether oxygens (including phenoxy) is 1. The normalized spacial score (nSPS) is 10.2. The molecule has 0 unspecified atom stereocenters. The third-order valence-electron chi connectivity index (χ3n) is 2.11. The summed E-state index contributed by atoms with van der Waals surface area (Å²) < 4.78 is 5.39. The standard InChI is InChI=1S/C11H17NO2/c1-3-13-11-5-4-10(6-7-14-12)9(2)8-11/h4-5,8H,3,6-7,12H2,1-2H3. The van der Waals surface area contributed by atoms with Crippen molar-refractivity contribution in [2.45, 2.75) is 20.3 Å². The van der Waals surface area contributed by atoms with Crippen LogP contribution in [0.1, 0.15) is 18.1 Å². The Labute approximate surface area is 84.8 Å². The van der Waals surface area contributed by atoms with E-state index in [4.69, 9.17) is 10.6 Å². The summed E-state index contributed by atoms with van der Waals surface area (Å²) in [6.45, 7) is 5.29. The molecule has 1 aromatic rings. The van der Waals surface area contributed by atoms with E-state index < -0.39 is 0 Å². The summed E-state index contributed by atoms with van der Waals surface area (Å²) >= 11 is 0. The smallest absolute Gasteiger partial charge is 0.119 e. The van der Waals surface area contributed by atoms with E-state index in [1.165, 1.54) is 11.1 Å². The molecule has 2 N–H and O–H groups in total. The van der Waals surface area contributed by atoms with Gasteiger partial charge in [0.1, 0.15) is 5.75 Å². The number of nitrogens with two attached hydrogens (primary N) is 1. The summed E-state index contributed by atoms with van der Waals surface area (Å²) in [6.07, 6.45) is 0.842. The minimum atomic E-state index is 0.550. The lowest BCUT2D eigenvalue weighted by Gasteiger charge is -2.08. The molecule has 0 fully saturated rings. The van der Waals surface area contributed by atoms with Crippen molar-refractivity contribution in [1.29, 1.82) is 0 Å². The van der Waals surface area contributed by atoms with Crippen LogP contribution in [-0.4, -0.2) is 13.2 Å². The zero-order valence-corrected chi connectivity index (χ0v) is 8.75. The maximum absolute atomic E-state index is 5.39. The summed E-state index contributed by atoms with van der Waals surface area (Å²) in [6, 6.07) is 6.07. The van der Waals surface area contributed by atoms with Gasteiger partial charge in [0, 0.05) is 0 Å². The van der Waals surface area contributed by atoms with E-state index in [0.717, 1.165) is 12.2 Å². The van der Waals surface area contributed by atoms with Gasteiger partial charge < -0.3 is 9.57 Å². The number of rotatable bonds is 5. The molecule has 0 atom stereocenters. The van der Waals surface area contributed by atoms with Crippen LogP contribution < -0.4 is 10.6 Å². The van der Waals surface area contributed by atoms with Crippen LogP contribution in [0.2, 0.25) is 0 Å². The van der Waals surface area contributed by atoms with Gasteiger partial charge >= 0.3 is 0 Å². The van der Waals surface area contributed by atoms with E-state index in [2.05, 4.69) is 17.8 Å². The third kappa shape index (κ3) is 3.01. The highest BCUT2D eigenvalue weighted by atomic mass is 16.6. The molecule has 0 aliphatic rings. The minimum absolute atomic E-state index is 0.550. The van der Waals surface area contributed by atoms with Crippen LogP contribution in [-0.2, 0) is 11.3 Å². The maximum Gasteiger partial charge on any atom is 0.119 e. The lowest BCUT2D eigenvalue weighted by Crippen LogP contribution is -2.04. The molecule has 1 rings (SSSR count). The first-order chi connectivity index (χ1) is 6.77. The largest absolute Gasteiger partial charge is 0.494 e. The molecule has 0 saturated heterocycles. The first-order valence-corrected chi connectivity index (χ1v) is 4.82. The number of aryl methyl sites for hydroxylation is 1. The van der Waals surface area contributed by atoms with Crippen molar-refractivity contribution in [2.24, 2.45) is 5.90 Å². The minimum Gasteiger partial charge on any atom is -0.494 e. The Hall–Kier alpha value is -1.06. The van der Waals surface area contributed by atoms with Gasteiger partial charge in [-0.15, -0.1) is 0 Å². The molecule has 0 radical (unpaired) electrons. The molecule has 0 heterocycles. The van der Waals surface area contributed by atoms with Crippen LogP contribution in [0.5, 0.6) is 5.75 Å². The van der Waals surface area contributed by atoms with Crippen LogP contribution in [0.3, 0.4) is 0 Å². The molecule has 78 valence electrons. The second-order valence-corrected chi connectivity index (χ2v) is 3.14. The maximum atomic E-state index is 5.39. The topological polar surface area (TPSA) is 44.5 Å². The Morgan fingerprint density at radius 3 is 2.71 bits per heavy atom. The fourth-order valence-electron chi connectivity index (χ4n) is 1.37. The van der Waals surface area contributed by atoms with E-state index in [0.29, 0.717) is 13.2 Å². The van der Waals surface area contributed by atoms with Crippen molar-refractivity contribution in [3.63, 3.8) is 0 Å². The van der Waals surface area contributed by atoms with Crippen LogP contribution >= 0.6 is 0 Å².